The van der Waals surface area contributed by atoms with Crippen molar-refractivity contribution >= 4 is 21.4 Å². The average molecular weight is 403 g/mol. The van der Waals surface area contributed by atoms with E-state index in [1.165, 1.54) is 17.0 Å². The molecular formula is C19H18FN3O4S. The number of amides is 1. The smallest absolute Gasteiger partial charge is 0.276 e. The standard InChI is InChI=1S/C19H18FN3O4S/c1-12-4-5-13(9-15(12)20)21-19(24)16-10-17(18-3-2-7-27-18)23(22-16)14-6-8-28(25,26)11-14/h2-5,7,9-10,14H,6,8,11H2,1H3,(H,21,24). The van der Waals surface area contributed by atoms with Crippen molar-refractivity contribution in [2.45, 2.75) is 19.4 Å². The van der Waals surface area contributed by atoms with Crippen molar-refractivity contribution < 1.29 is 22.0 Å². The highest BCUT2D eigenvalue weighted by atomic mass is 32.2. The van der Waals surface area contributed by atoms with Gasteiger partial charge in [-0.1, -0.05) is 6.07 Å². The van der Waals surface area contributed by atoms with Crippen molar-refractivity contribution in [1.82, 2.24) is 9.78 Å². The van der Waals surface area contributed by atoms with E-state index in [9.17, 15) is 17.6 Å². The number of carbonyl (C=O) groups is 1. The Bertz CT molecular complexity index is 1140. The first-order chi connectivity index (χ1) is 13.3. The Balaban J connectivity index is 1.67. The van der Waals surface area contributed by atoms with Gasteiger partial charge >= 0.3 is 0 Å². The zero-order valence-electron chi connectivity index (χ0n) is 15.1. The number of halogens is 1. The van der Waals surface area contributed by atoms with Crippen LogP contribution in [0.2, 0.25) is 0 Å². The highest BCUT2D eigenvalue weighted by molar-refractivity contribution is 7.91. The van der Waals surface area contributed by atoms with Gasteiger partial charge in [-0.25, -0.2) is 12.8 Å². The first-order valence-electron chi connectivity index (χ1n) is 8.74. The van der Waals surface area contributed by atoms with Crippen molar-refractivity contribution in [1.29, 1.82) is 0 Å². The third kappa shape index (κ3) is 3.57. The number of carbonyl (C=O) groups excluding carboxylic acids is 1. The van der Waals surface area contributed by atoms with E-state index < -0.39 is 21.6 Å². The number of hydrogen-bond donors (Lipinski definition) is 1. The molecule has 9 heteroatoms. The summed E-state index contributed by atoms with van der Waals surface area (Å²) in [5, 5.41) is 6.95. The summed E-state index contributed by atoms with van der Waals surface area (Å²) in [5.74, 6) is -0.407. The van der Waals surface area contributed by atoms with Crippen LogP contribution in [0, 0.1) is 12.7 Å². The monoisotopic (exact) mass is 403 g/mol. The quantitative estimate of drug-likeness (QED) is 0.722. The average Bonchev–Trinajstić information content (AvgIpc) is 3.36. The van der Waals surface area contributed by atoms with Crippen molar-refractivity contribution in [3.05, 3.63) is 59.7 Å². The van der Waals surface area contributed by atoms with Crippen LogP contribution in [-0.4, -0.2) is 35.6 Å². The van der Waals surface area contributed by atoms with E-state index in [0.717, 1.165) is 0 Å². The summed E-state index contributed by atoms with van der Waals surface area (Å²) in [7, 11) is -3.13. The van der Waals surface area contributed by atoms with Gasteiger partial charge in [0.25, 0.3) is 5.91 Å². The van der Waals surface area contributed by atoms with E-state index in [2.05, 4.69) is 10.4 Å². The molecule has 1 aliphatic heterocycles. The number of anilines is 1. The van der Waals surface area contributed by atoms with Crippen LogP contribution < -0.4 is 5.32 Å². The lowest BCUT2D eigenvalue weighted by atomic mass is 10.2. The molecule has 28 heavy (non-hydrogen) atoms. The fraction of sp³-hybridized carbons (Fsp3) is 0.263. The van der Waals surface area contributed by atoms with Gasteiger partial charge in [-0.15, -0.1) is 0 Å². The maximum Gasteiger partial charge on any atom is 0.276 e. The van der Waals surface area contributed by atoms with Gasteiger partial charge in [0.2, 0.25) is 0 Å². The Morgan fingerprint density at radius 3 is 2.79 bits per heavy atom. The number of aromatic nitrogens is 2. The molecule has 4 rings (SSSR count). The zero-order chi connectivity index (χ0) is 19.9. The first-order valence-corrected chi connectivity index (χ1v) is 10.6. The Morgan fingerprint density at radius 2 is 2.14 bits per heavy atom. The number of sulfone groups is 1. The summed E-state index contributed by atoms with van der Waals surface area (Å²) < 4.78 is 44.4. The molecule has 0 aliphatic carbocycles. The number of nitrogens with one attached hydrogen (secondary N) is 1. The first kappa shape index (κ1) is 18.4. The summed E-state index contributed by atoms with van der Waals surface area (Å²) in [4.78, 5) is 12.6. The molecular weight excluding hydrogens is 385 g/mol. The predicted molar refractivity (Wildman–Crippen MR) is 101 cm³/mol. The van der Waals surface area contributed by atoms with Gasteiger partial charge in [0.1, 0.15) is 11.5 Å². The second-order valence-electron chi connectivity index (χ2n) is 6.81. The summed E-state index contributed by atoms with van der Waals surface area (Å²) >= 11 is 0. The molecule has 0 bridgehead atoms. The van der Waals surface area contributed by atoms with E-state index in [4.69, 9.17) is 4.42 Å². The van der Waals surface area contributed by atoms with Crippen molar-refractivity contribution in [2.24, 2.45) is 0 Å². The van der Waals surface area contributed by atoms with Crippen molar-refractivity contribution in [3.8, 4) is 11.5 Å². The van der Waals surface area contributed by atoms with Crippen LogP contribution in [0.5, 0.6) is 0 Å². The summed E-state index contributed by atoms with van der Waals surface area (Å²) in [5.41, 5.74) is 1.40. The van der Waals surface area contributed by atoms with Crippen LogP contribution in [0.15, 0.2) is 47.1 Å². The molecule has 146 valence electrons. The lowest BCUT2D eigenvalue weighted by Gasteiger charge is -2.11. The number of aryl methyl sites for hydroxylation is 1. The Labute approximate surface area is 161 Å². The molecule has 0 saturated carbocycles. The highest BCUT2D eigenvalue weighted by Crippen LogP contribution is 2.30. The number of hydrogen-bond acceptors (Lipinski definition) is 5. The fourth-order valence-corrected chi connectivity index (χ4v) is 4.92. The third-order valence-corrected chi connectivity index (χ3v) is 6.48. The SMILES string of the molecule is Cc1ccc(NC(=O)c2cc(-c3ccco3)n(C3CCS(=O)(=O)C3)n2)cc1F. The number of furan rings is 1. The maximum atomic E-state index is 13.7. The van der Waals surface area contributed by atoms with Crippen LogP contribution in [0.1, 0.15) is 28.5 Å². The minimum absolute atomic E-state index is 0.0351. The number of benzene rings is 1. The minimum Gasteiger partial charge on any atom is -0.463 e. The predicted octanol–water partition coefficient (Wildman–Crippen LogP) is 3.20. The molecule has 3 heterocycles. The molecule has 1 amide bonds. The summed E-state index contributed by atoms with van der Waals surface area (Å²) in [6, 6.07) is 9.00. The molecule has 0 spiro atoms. The van der Waals surface area contributed by atoms with Gasteiger partial charge in [-0.2, -0.15) is 5.10 Å². The lowest BCUT2D eigenvalue weighted by molar-refractivity contribution is 0.102. The molecule has 1 aliphatic rings. The van der Waals surface area contributed by atoms with Crippen LogP contribution in [-0.2, 0) is 9.84 Å². The van der Waals surface area contributed by atoms with Gasteiger partial charge in [-0.05, 0) is 43.2 Å². The zero-order valence-corrected chi connectivity index (χ0v) is 15.9. The Kier molecular flexibility index (Phi) is 4.54. The molecule has 1 atom stereocenters. The normalized spacial score (nSPS) is 18.3. The Hall–Kier alpha value is -2.94. The molecule has 1 aromatic carbocycles. The summed E-state index contributed by atoms with van der Waals surface area (Å²) in [6.07, 6.45) is 1.91. The largest absolute Gasteiger partial charge is 0.463 e. The Morgan fingerprint density at radius 1 is 1.32 bits per heavy atom. The molecule has 1 fully saturated rings. The second-order valence-corrected chi connectivity index (χ2v) is 9.04. The number of rotatable bonds is 4. The highest BCUT2D eigenvalue weighted by Gasteiger charge is 2.32. The fourth-order valence-electron chi connectivity index (χ4n) is 3.23. The van der Waals surface area contributed by atoms with Crippen LogP contribution in [0.3, 0.4) is 0 Å². The third-order valence-electron chi connectivity index (χ3n) is 4.73. The summed E-state index contributed by atoms with van der Waals surface area (Å²) in [6.45, 7) is 1.63. The molecule has 3 aromatic rings. The molecule has 1 N–H and O–H groups in total. The lowest BCUT2D eigenvalue weighted by Crippen LogP contribution is -2.16. The minimum atomic E-state index is -3.13. The van der Waals surface area contributed by atoms with Crippen LogP contribution >= 0.6 is 0 Å². The van der Waals surface area contributed by atoms with E-state index in [1.807, 2.05) is 0 Å². The number of nitrogens with zero attached hydrogens (tertiary/aromatic N) is 2. The van der Waals surface area contributed by atoms with Gasteiger partial charge in [0, 0.05) is 11.8 Å². The topological polar surface area (TPSA) is 94.2 Å². The van der Waals surface area contributed by atoms with E-state index in [-0.39, 0.29) is 23.2 Å². The van der Waals surface area contributed by atoms with Crippen molar-refractivity contribution in [2.75, 3.05) is 16.8 Å². The molecule has 7 nitrogen and oxygen atoms in total. The van der Waals surface area contributed by atoms with E-state index in [0.29, 0.717) is 29.1 Å². The van der Waals surface area contributed by atoms with Gasteiger partial charge in [-0.3, -0.25) is 9.48 Å². The maximum absolute atomic E-state index is 13.7. The van der Waals surface area contributed by atoms with Crippen LogP contribution in [0.25, 0.3) is 11.5 Å². The second kappa shape index (κ2) is 6.90. The molecule has 1 unspecified atom stereocenters. The molecule has 2 aromatic heterocycles. The van der Waals surface area contributed by atoms with Gasteiger partial charge in [0.05, 0.1) is 23.8 Å². The molecule has 0 radical (unpaired) electrons. The van der Waals surface area contributed by atoms with E-state index in [1.54, 1.807) is 37.3 Å². The van der Waals surface area contributed by atoms with E-state index >= 15 is 0 Å². The molecule has 1 saturated heterocycles. The van der Waals surface area contributed by atoms with Gasteiger partial charge < -0.3 is 9.73 Å². The van der Waals surface area contributed by atoms with Gasteiger partial charge in [0.15, 0.2) is 21.3 Å². The van der Waals surface area contributed by atoms with Crippen LogP contribution in [0.4, 0.5) is 10.1 Å². The van der Waals surface area contributed by atoms with Crippen molar-refractivity contribution in [3.63, 3.8) is 0 Å².